The topological polar surface area (TPSA) is 89.3 Å². The predicted molar refractivity (Wildman–Crippen MR) is 164 cm³/mol. The summed E-state index contributed by atoms with van der Waals surface area (Å²) < 4.78 is 55.6. The lowest BCUT2D eigenvalue weighted by molar-refractivity contribution is -0.137. The molecule has 0 radical (unpaired) electrons. The smallest absolute Gasteiger partial charge is 0.419 e. The molecular weight excluding hydrogens is 595 g/mol. The quantitative estimate of drug-likeness (QED) is 0.278. The minimum absolute atomic E-state index is 0.0274. The van der Waals surface area contributed by atoms with E-state index in [0.29, 0.717) is 18.1 Å². The predicted octanol–water partition coefficient (Wildman–Crippen LogP) is 8.44. The Bertz CT molecular complexity index is 1510. The molecule has 0 saturated carbocycles. The molecule has 1 fully saturated rings. The van der Waals surface area contributed by atoms with Crippen molar-refractivity contribution in [1.29, 1.82) is 0 Å². The number of hydrogen-bond donors (Lipinski definition) is 0. The third-order valence-electron chi connectivity index (χ3n) is 6.63. The molecule has 1 unspecified atom stereocenters. The first-order chi connectivity index (χ1) is 20.3. The van der Waals surface area contributed by atoms with Crippen LogP contribution in [-0.4, -0.2) is 61.2 Å². The number of piperidine rings is 1. The molecule has 3 aromatic rings. The van der Waals surface area contributed by atoms with Gasteiger partial charge in [-0.25, -0.2) is 24.0 Å². The number of carbonyl (C=O) groups excluding carboxylic acids is 2. The summed E-state index contributed by atoms with van der Waals surface area (Å²) in [6.07, 6.45) is -2.99. The van der Waals surface area contributed by atoms with Crippen molar-refractivity contribution < 1.29 is 32.2 Å². The van der Waals surface area contributed by atoms with Gasteiger partial charge >= 0.3 is 18.4 Å². The zero-order valence-corrected chi connectivity index (χ0v) is 27.2. The van der Waals surface area contributed by atoms with Crippen LogP contribution in [0.2, 0.25) is 0 Å². The molecule has 9 nitrogen and oxygen atoms in total. The lowest BCUT2D eigenvalue weighted by Crippen LogP contribution is -2.43. The van der Waals surface area contributed by atoms with Crippen molar-refractivity contribution in [1.82, 2.24) is 19.5 Å². The molecule has 1 atom stereocenters. The number of ether oxygens (including phenoxy) is 2. The van der Waals surface area contributed by atoms with Crippen molar-refractivity contribution in [2.45, 2.75) is 102 Å². The summed E-state index contributed by atoms with van der Waals surface area (Å²) in [5.41, 5.74) is -1.98. The second-order valence-corrected chi connectivity index (χ2v) is 14.4. The van der Waals surface area contributed by atoms with Crippen LogP contribution in [0, 0.1) is 0 Å². The van der Waals surface area contributed by atoms with E-state index in [-0.39, 0.29) is 28.2 Å². The maximum atomic E-state index is 14.3. The van der Waals surface area contributed by atoms with E-state index in [2.05, 4.69) is 4.98 Å². The summed E-state index contributed by atoms with van der Waals surface area (Å²) in [7, 11) is 0. The Hall–Kier alpha value is -3.48. The van der Waals surface area contributed by atoms with Crippen LogP contribution < -0.4 is 4.90 Å². The maximum absolute atomic E-state index is 14.3. The Morgan fingerprint density at radius 1 is 1.02 bits per heavy atom. The van der Waals surface area contributed by atoms with Gasteiger partial charge in [0.25, 0.3) is 0 Å². The molecule has 240 valence electrons. The van der Waals surface area contributed by atoms with Crippen LogP contribution in [0.4, 0.5) is 34.1 Å². The number of rotatable bonds is 5. The monoisotopic (exact) mass is 635 g/mol. The van der Waals surface area contributed by atoms with Crippen molar-refractivity contribution >= 4 is 41.0 Å². The number of amides is 2. The Morgan fingerprint density at radius 2 is 1.68 bits per heavy atom. The Morgan fingerprint density at radius 3 is 2.30 bits per heavy atom. The largest absolute Gasteiger partial charge is 0.444 e. The fraction of sp³-hybridized carbons (Fsp3) is 0.548. The van der Waals surface area contributed by atoms with E-state index in [9.17, 15) is 22.8 Å². The first kappa shape index (κ1) is 33.4. The van der Waals surface area contributed by atoms with Gasteiger partial charge in [-0.1, -0.05) is 37.7 Å². The summed E-state index contributed by atoms with van der Waals surface area (Å²) in [5.74, 6) is -0.0274. The van der Waals surface area contributed by atoms with Crippen LogP contribution in [-0.2, 0) is 15.7 Å². The molecular formula is C31H40F3N5O4S. The molecule has 2 aromatic heterocycles. The van der Waals surface area contributed by atoms with Crippen molar-refractivity contribution in [3.05, 3.63) is 47.8 Å². The lowest BCUT2D eigenvalue weighted by Gasteiger charge is -2.34. The molecule has 13 heteroatoms. The molecule has 0 bridgehead atoms. The molecule has 0 spiro atoms. The zero-order chi connectivity index (χ0) is 32.6. The molecule has 44 heavy (non-hydrogen) atoms. The highest BCUT2D eigenvalue weighted by molar-refractivity contribution is 7.99. The number of alkyl halides is 3. The van der Waals surface area contributed by atoms with Gasteiger partial charge < -0.3 is 14.4 Å². The zero-order valence-electron chi connectivity index (χ0n) is 26.4. The van der Waals surface area contributed by atoms with E-state index in [1.54, 1.807) is 42.4 Å². The number of para-hydroxylation sites is 1. The van der Waals surface area contributed by atoms with Crippen LogP contribution >= 0.6 is 11.8 Å². The summed E-state index contributed by atoms with van der Waals surface area (Å²) in [6, 6.07) is 6.45. The number of benzene rings is 1. The second-order valence-electron chi connectivity index (χ2n) is 13.1. The van der Waals surface area contributed by atoms with E-state index in [0.717, 1.165) is 29.5 Å². The first-order valence-electron chi connectivity index (χ1n) is 14.6. The fourth-order valence-electron chi connectivity index (χ4n) is 4.80. The molecule has 1 aliphatic heterocycles. The number of anilines is 2. The average Bonchev–Trinajstić information content (AvgIpc) is 3.31. The highest BCUT2D eigenvalue weighted by Gasteiger charge is 2.39. The number of thioether (sulfide) groups is 1. The van der Waals surface area contributed by atoms with Crippen LogP contribution in [0.3, 0.4) is 0 Å². The number of halogens is 3. The van der Waals surface area contributed by atoms with Crippen molar-refractivity contribution in [2.75, 3.05) is 18.0 Å². The van der Waals surface area contributed by atoms with E-state index in [4.69, 9.17) is 14.6 Å². The Balaban J connectivity index is 1.84. The molecule has 1 aliphatic rings. The van der Waals surface area contributed by atoms with Gasteiger partial charge in [-0.2, -0.15) is 18.3 Å². The van der Waals surface area contributed by atoms with Gasteiger partial charge in [-0.3, -0.25) is 0 Å². The average molecular weight is 636 g/mol. The number of likely N-dealkylation sites (tertiary alicyclic amines) is 1. The van der Waals surface area contributed by atoms with Crippen molar-refractivity contribution in [3.8, 4) is 0 Å². The lowest BCUT2D eigenvalue weighted by atomic mass is 10.1. The van der Waals surface area contributed by atoms with Gasteiger partial charge in [0.2, 0.25) is 0 Å². The highest BCUT2D eigenvalue weighted by atomic mass is 32.2. The molecule has 4 rings (SSSR count). The van der Waals surface area contributed by atoms with Crippen molar-refractivity contribution in [3.63, 3.8) is 0 Å². The summed E-state index contributed by atoms with van der Waals surface area (Å²) in [5, 5.41) is 5.19. The number of hydrogen-bond acceptors (Lipinski definition) is 7. The van der Waals surface area contributed by atoms with Crippen LogP contribution in [0.25, 0.3) is 5.65 Å². The highest BCUT2D eigenvalue weighted by Crippen LogP contribution is 2.42. The van der Waals surface area contributed by atoms with Gasteiger partial charge in [-0.15, -0.1) is 0 Å². The molecule has 1 saturated heterocycles. The maximum Gasteiger partial charge on any atom is 0.419 e. The number of aromatic nitrogens is 3. The molecule has 3 heterocycles. The van der Waals surface area contributed by atoms with E-state index in [1.165, 1.54) is 30.0 Å². The summed E-state index contributed by atoms with van der Waals surface area (Å²) in [4.78, 5) is 33.7. The van der Waals surface area contributed by atoms with E-state index < -0.39 is 35.1 Å². The third kappa shape index (κ3) is 7.96. The minimum atomic E-state index is -4.75. The number of imidazole rings is 1. The van der Waals surface area contributed by atoms with Gasteiger partial charge in [-0.05, 0) is 72.4 Å². The third-order valence-corrected chi connectivity index (χ3v) is 7.79. The normalized spacial score (nSPS) is 16.4. The van der Waals surface area contributed by atoms with E-state index >= 15 is 0 Å². The van der Waals surface area contributed by atoms with Gasteiger partial charge in [0.05, 0.1) is 28.8 Å². The van der Waals surface area contributed by atoms with Gasteiger partial charge in [0.15, 0.2) is 5.65 Å². The standard InChI is InChI=1S/C31H40F3N5O4S/c1-19(2)24-17-35-26-23(38(28(41)43-30(6,7)8)22-14-10-9-13-21(22)31(32,33)34)16-25(36-39(24)26)44-20-12-11-15-37(18-20)27(40)42-29(3,4)5/h9-10,13-14,16-17,19-20H,11-12,15,18H2,1-8H3. The van der Waals surface area contributed by atoms with E-state index in [1.807, 2.05) is 34.6 Å². The number of fused-ring (bicyclic) bond motifs is 1. The SMILES string of the molecule is CC(C)c1cnc2c(N(C(=O)OC(C)(C)C)c3ccccc3C(F)(F)F)cc(SC3CCCN(C(=O)OC(C)(C)C)C3)nn12. The second kappa shape index (κ2) is 12.5. The molecule has 0 N–H and O–H groups in total. The van der Waals surface area contributed by atoms with Crippen LogP contribution in [0.5, 0.6) is 0 Å². The Kier molecular flexibility index (Phi) is 9.48. The minimum Gasteiger partial charge on any atom is -0.444 e. The molecule has 0 aliphatic carbocycles. The molecule has 1 aromatic carbocycles. The number of carbonyl (C=O) groups is 2. The van der Waals surface area contributed by atoms with Gasteiger partial charge in [0.1, 0.15) is 16.2 Å². The van der Waals surface area contributed by atoms with Crippen molar-refractivity contribution in [2.24, 2.45) is 0 Å². The van der Waals surface area contributed by atoms with Gasteiger partial charge in [0, 0.05) is 24.4 Å². The van der Waals surface area contributed by atoms with Crippen LogP contribution in [0.15, 0.2) is 41.6 Å². The Labute approximate surface area is 260 Å². The number of nitrogens with zero attached hydrogens (tertiary/aromatic N) is 5. The first-order valence-corrected chi connectivity index (χ1v) is 15.4. The molecule has 2 amide bonds. The summed E-state index contributed by atoms with van der Waals surface area (Å²) in [6.45, 7) is 15.2. The van der Waals surface area contributed by atoms with Crippen LogP contribution in [0.1, 0.15) is 85.4 Å². The summed E-state index contributed by atoms with van der Waals surface area (Å²) >= 11 is 1.39. The fourth-order valence-corrected chi connectivity index (χ4v) is 5.99.